The van der Waals surface area contributed by atoms with Crippen molar-refractivity contribution in [3.63, 3.8) is 0 Å². The number of benzene rings is 1. The SMILES string of the molecule is O=C(O)c1c(Cl)cccc1NC(=O)N(CC1CC1)C1CC1. The number of hydrogen-bond donors (Lipinski definition) is 2. The molecule has 0 bridgehead atoms. The van der Waals surface area contributed by atoms with Gasteiger partial charge in [0, 0.05) is 12.6 Å². The number of carboxylic acids is 1. The van der Waals surface area contributed by atoms with E-state index in [2.05, 4.69) is 5.32 Å². The molecule has 1 aromatic rings. The Kier molecular flexibility index (Phi) is 3.76. The minimum absolute atomic E-state index is 0.0605. The molecule has 0 radical (unpaired) electrons. The van der Waals surface area contributed by atoms with Crippen LogP contribution in [0.1, 0.15) is 36.0 Å². The molecule has 2 N–H and O–H groups in total. The molecular weight excluding hydrogens is 292 g/mol. The summed E-state index contributed by atoms with van der Waals surface area (Å²) in [6.45, 7) is 0.763. The molecule has 6 heteroatoms. The first kappa shape index (κ1) is 14.2. The van der Waals surface area contributed by atoms with Crippen LogP contribution in [0.15, 0.2) is 18.2 Å². The zero-order valence-electron chi connectivity index (χ0n) is 11.5. The van der Waals surface area contributed by atoms with Crippen LogP contribution < -0.4 is 5.32 Å². The number of nitrogens with zero attached hydrogens (tertiary/aromatic N) is 1. The van der Waals surface area contributed by atoms with Gasteiger partial charge in [-0.05, 0) is 43.7 Å². The van der Waals surface area contributed by atoms with Crippen molar-refractivity contribution in [2.45, 2.75) is 31.7 Å². The minimum Gasteiger partial charge on any atom is -0.478 e. The normalized spacial score (nSPS) is 17.4. The average Bonchev–Trinajstić information content (AvgIpc) is 3.28. The lowest BCUT2D eigenvalue weighted by Crippen LogP contribution is -2.38. The summed E-state index contributed by atoms with van der Waals surface area (Å²) in [6, 6.07) is 4.78. The molecule has 0 spiro atoms. The average molecular weight is 309 g/mol. The summed E-state index contributed by atoms with van der Waals surface area (Å²) in [5, 5.41) is 12.1. The van der Waals surface area contributed by atoms with Crippen molar-refractivity contribution in [2.75, 3.05) is 11.9 Å². The van der Waals surface area contributed by atoms with Crippen LogP contribution in [0.5, 0.6) is 0 Å². The third-order valence-corrected chi connectivity index (χ3v) is 4.18. The van der Waals surface area contributed by atoms with Crippen molar-refractivity contribution in [3.05, 3.63) is 28.8 Å². The second-order valence-electron chi connectivity index (χ2n) is 5.72. The van der Waals surface area contributed by atoms with Gasteiger partial charge in [0.05, 0.1) is 10.7 Å². The number of amides is 2. The van der Waals surface area contributed by atoms with Crippen molar-refractivity contribution in [1.82, 2.24) is 4.90 Å². The van der Waals surface area contributed by atoms with Crippen molar-refractivity contribution in [1.29, 1.82) is 0 Å². The quantitative estimate of drug-likeness (QED) is 0.875. The fraction of sp³-hybridized carbons (Fsp3) is 0.467. The van der Waals surface area contributed by atoms with Crippen LogP contribution in [0.25, 0.3) is 0 Å². The van der Waals surface area contributed by atoms with E-state index in [0.29, 0.717) is 12.0 Å². The highest BCUT2D eigenvalue weighted by atomic mass is 35.5. The number of rotatable bonds is 5. The van der Waals surface area contributed by atoms with E-state index in [4.69, 9.17) is 11.6 Å². The van der Waals surface area contributed by atoms with E-state index in [1.54, 1.807) is 12.1 Å². The second-order valence-corrected chi connectivity index (χ2v) is 6.13. The Morgan fingerprint density at radius 3 is 2.57 bits per heavy atom. The number of anilines is 1. The smallest absolute Gasteiger partial charge is 0.339 e. The molecule has 3 rings (SSSR count). The van der Waals surface area contributed by atoms with Crippen LogP contribution in [-0.4, -0.2) is 34.6 Å². The lowest BCUT2D eigenvalue weighted by molar-refractivity contribution is 0.0698. The van der Waals surface area contributed by atoms with Crippen LogP contribution in [0, 0.1) is 5.92 Å². The molecule has 112 valence electrons. The number of halogens is 1. The van der Waals surface area contributed by atoms with Gasteiger partial charge in [0.25, 0.3) is 0 Å². The third-order valence-electron chi connectivity index (χ3n) is 3.87. The predicted octanol–water partition coefficient (Wildman–Crippen LogP) is 3.44. The van der Waals surface area contributed by atoms with E-state index in [1.165, 1.54) is 18.9 Å². The number of carbonyl (C=O) groups is 2. The molecule has 21 heavy (non-hydrogen) atoms. The molecule has 2 saturated carbocycles. The molecule has 0 aliphatic heterocycles. The van der Waals surface area contributed by atoms with Crippen LogP contribution in [0.4, 0.5) is 10.5 Å². The standard InChI is InChI=1S/C15H17ClN2O3/c16-11-2-1-3-12(13(11)14(19)20)17-15(21)18(10-6-7-10)8-9-4-5-9/h1-3,9-10H,4-8H2,(H,17,21)(H,19,20). The minimum atomic E-state index is -1.14. The summed E-state index contributed by atoms with van der Waals surface area (Å²) in [5.41, 5.74) is 0.191. The van der Waals surface area contributed by atoms with E-state index >= 15 is 0 Å². The lowest BCUT2D eigenvalue weighted by Gasteiger charge is -2.23. The summed E-state index contributed by atoms with van der Waals surface area (Å²) < 4.78 is 0. The number of urea groups is 1. The molecule has 1 aromatic carbocycles. The maximum atomic E-state index is 12.4. The van der Waals surface area contributed by atoms with E-state index in [-0.39, 0.29) is 22.3 Å². The van der Waals surface area contributed by atoms with Gasteiger partial charge in [0.15, 0.2) is 0 Å². The summed E-state index contributed by atoms with van der Waals surface area (Å²) in [7, 11) is 0. The van der Waals surface area contributed by atoms with Gasteiger partial charge in [-0.25, -0.2) is 9.59 Å². The first-order chi connectivity index (χ1) is 10.1. The Labute approximate surface area is 127 Å². The van der Waals surface area contributed by atoms with Gasteiger partial charge < -0.3 is 15.3 Å². The topological polar surface area (TPSA) is 69.6 Å². The Balaban J connectivity index is 1.77. The Morgan fingerprint density at radius 1 is 1.29 bits per heavy atom. The molecule has 2 aliphatic carbocycles. The maximum absolute atomic E-state index is 12.4. The van der Waals surface area contributed by atoms with Gasteiger partial charge in [-0.2, -0.15) is 0 Å². The first-order valence-corrected chi connectivity index (χ1v) is 7.53. The second kappa shape index (κ2) is 5.56. The van der Waals surface area contributed by atoms with E-state index in [9.17, 15) is 14.7 Å². The van der Waals surface area contributed by atoms with E-state index in [1.807, 2.05) is 4.90 Å². The fourth-order valence-electron chi connectivity index (χ4n) is 2.40. The molecule has 2 fully saturated rings. The Bertz CT molecular complexity index is 582. The molecule has 2 amide bonds. The van der Waals surface area contributed by atoms with Crippen molar-refractivity contribution in [3.8, 4) is 0 Å². The number of carboxylic acid groups (broad SMARTS) is 1. The fourth-order valence-corrected chi connectivity index (χ4v) is 2.65. The van der Waals surface area contributed by atoms with Gasteiger partial charge >= 0.3 is 12.0 Å². The van der Waals surface area contributed by atoms with Crippen LogP contribution in [-0.2, 0) is 0 Å². The van der Waals surface area contributed by atoms with Crippen LogP contribution in [0.2, 0.25) is 5.02 Å². The molecule has 0 unspecified atom stereocenters. The zero-order chi connectivity index (χ0) is 15.0. The largest absolute Gasteiger partial charge is 0.478 e. The highest BCUT2D eigenvalue weighted by molar-refractivity contribution is 6.34. The number of carbonyl (C=O) groups excluding carboxylic acids is 1. The van der Waals surface area contributed by atoms with Gasteiger partial charge in [0.2, 0.25) is 0 Å². The van der Waals surface area contributed by atoms with Gasteiger partial charge in [-0.15, -0.1) is 0 Å². The van der Waals surface area contributed by atoms with Crippen LogP contribution in [0.3, 0.4) is 0 Å². The van der Waals surface area contributed by atoms with Crippen molar-refractivity contribution in [2.24, 2.45) is 5.92 Å². The molecule has 5 nitrogen and oxygen atoms in total. The molecule has 0 heterocycles. The summed E-state index contributed by atoms with van der Waals surface area (Å²) in [6.07, 6.45) is 4.41. The number of aromatic carboxylic acids is 1. The first-order valence-electron chi connectivity index (χ1n) is 7.15. The van der Waals surface area contributed by atoms with Gasteiger partial charge in [-0.3, -0.25) is 0 Å². The van der Waals surface area contributed by atoms with E-state index < -0.39 is 5.97 Å². The maximum Gasteiger partial charge on any atom is 0.339 e. The molecule has 2 aliphatic rings. The highest BCUT2D eigenvalue weighted by Gasteiger charge is 2.36. The van der Waals surface area contributed by atoms with Crippen molar-refractivity contribution < 1.29 is 14.7 Å². The lowest BCUT2D eigenvalue weighted by atomic mass is 10.2. The molecule has 0 atom stereocenters. The predicted molar refractivity (Wildman–Crippen MR) is 79.9 cm³/mol. The Hall–Kier alpha value is -1.75. The Morgan fingerprint density at radius 2 is 2.00 bits per heavy atom. The summed E-state index contributed by atoms with van der Waals surface area (Å²) in [5.74, 6) is -0.536. The third kappa shape index (κ3) is 3.29. The van der Waals surface area contributed by atoms with E-state index in [0.717, 1.165) is 19.4 Å². The highest BCUT2D eigenvalue weighted by Crippen LogP contribution is 2.35. The molecule has 0 aromatic heterocycles. The molecule has 0 saturated heterocycles. The zero-order valence-corrected chi connectivity index (χ0v) is 12.3. The van der Waals surface area contributed by atoms with Gasteiger partial charge in [-0.1, -0.05) is 17.7 Å². The molecular formula is C15H17ClN2O3. The van der Waals surface area contributed by atoms with Crippen molar-refractivity contribution >= 4 is 29.3 Å². The van der Waals surface area contributed by atoms with Gasteiger partial charge in [0.1, 0.15) is 5.56 Å². The number of hydrogen-bond acceptors (Lipinski definition) is 2. The monoisotopic (exact) mass is 308 g/mol. The van der Waals surface area contributed by atoms with Crippen LogP contribution >= 0.6 is 11.6 Å². The summed E-state index contributed by atoms with van der Waals surface area (Å²) >= 11 is 5.91. The number of nitrogens with one attached hydrogen (secondary N) is 1. The summed E-state index contributed by atoms with van der Waals surface area (Å²) in [4.78, 5) is 25.5.